The number of aliphatic hydroxyl groups excluding tert-OH is 4. The first-order chi connectivity index (χ1) is 44.2. The normalized spacial score (nSPS) is 19.2. The van der Waals surface area contributed by atoms with Gasteiger partial charge in [-0.25, -0.2) is 19.6 Å². The third kappa shape index (κ3) is 36.3. The first-order valence-corrected chi connectivity index (χ1v) is 30.7. The molecule has 17 N–H and O–H groups in total. The van der Waals surface area contributed by atoms with Crippen LogP contribution in [-0.2, 0) is 90.3 Å². The number of carboxylic acids is 2. The quantitative estimate of drug-likeness (QED) is 0.0154. The van der Waals surface area contributed by atoms with Crippen molar-refractivity contribution in [3.63, 3.8) is 0 Å². The average molecular weight is 1330 g/mol. The van der Waals surface area contributed by atoms with E-state index in [-0.39, 0.29) is 64.3 Å². The van der Waals surface area contributed by atoms with Gasteiger partial charge in [-0.1, -0.05) is 13.8 Å². The lowest BCUT2D eigenvalue weighted by atomic mass is 9.87. The van der Waals surface area contributed by atoms with Crippen LogP contribution in [0.3, 0.4) is 0 Å². The predicted octanol–water partition coefficient (Wildman–Crippen LogP) is -4.81. The first-order valence-electron chi connectivity index (χ1n) is 30.7. The number of rotatable bonds is 56. The molecule has 0 unspecified atom stereocenters. The standard InChI is InChI=1S/C57H102N10O25/c1-4-14-80-16-18-82-20-22-84-24-26-86-28-30-88-31-29-87-27-25-85-23-21-83-19-17-81-15-9-48(75)67(12-7-5-10-62-46(73)36-89-51(42(71)34-68)50-38(2)40(65-56(58)59)32-44(91-50)54(76)77)13-8-6-11-63-47(74)37-90-52(43(72)35-69)53-49(64-39(3)70)41(66-57(60)61)33-45(92-53)55(78)79/h32-33,38,40-43,49-53,68-69,71-72H,4-31,34-37H2,1-3H3,(H,62,73)(H,63,74)(H,64,70)(H,76,77)(H,78,79)(H4,58,59,65)(H4,60,61,66)/t38-,40+,41+,42-,43-,49-,50-,51-,52-,53-/m1/s1. The summed E-state index contributed by atoms with van der Waals surface area (Å²) in [5.41, 5.74) is 22.2. The summed E-state index contributed by atoms with van der Waals surface area (Å²) in [5, 5.41) is 68.5. The van der Waals surface area contributed by atoms with Crippen molar-refractivity contribution < 1.29 is 121 Å². The van der Waals surface area contributed by atoms with Crippen molar-refractivity contribution in [3.8, 4) is 0 Å². The summed E-state index contributed by atoms with van der Waals surface area (Å²) < 4.78 is 72.2. The second-order valence-electron chi connectivity index (χ2n) is 20.8. The number of aliphatic hydroxyl groups is 4. The van der Waals surface area contributed by atoms with Gasteiger partial charge in [0, 0.05) is 45.6 Å². The number of nitrogens with one attached hydrogen (secondary N) is 3. The first kappa shape index (κ1) is 81.9. The molecule has 0 aliphatic carbocycles. The number of aliphatic carboxylic acids is 2. The van der Waals surface area contributed by atoms with Crippen molar-refractivity contribution in [2.75, 3.05) is 172 Å². The van der Waals surface area contributed by atoms with Gasteiger partial charge in [0.1, 0.15) is 43.7 Å². The molecule has 0 saturated heterocycles. The molecule has 0 fully saturated rings. The molecule has 0 saturated carbocycles. The molecule has 0 bridgehead atoms. The number of ether oxygens (including phenoxy) is 13. The number of carbonyl (C=O) groups excluding carboxylic acids is 4. The van der Waals surface area contributed by atoms with Crippen LogP contribution in [-0.4, -0.2) is 309 Å². The third-order valence-corrected chi connectivity index (χ3v) is 13.4. The predicted molar refractivity (Wildman–Crippen MR) is 326 cm³/mol. The number of guanidine groups is 2. The highest BCUT2D eigenvalue weighted by molar-refractivity contribution is 5.86. The van der Waals surface area contributed by atoms with E-state index in [1.807, 2.05) is 0 Å². The van der Waals surface area contributed by atoms with Crippen LogP contribution in [0.2, 0.25) is 0 Å². The van der Waals surface area contributed by atoms with Crippen LogP contribution in [0, 0.1) is 5.92 Å². The van der Waals surface area contributed by atoms with Crippen LogP contribution < -0.4 is 38.9 Å². The molecule has 0 spiro atoms. The topological polar surface area (TPSA) is 512 Å². The maximum absolute atomic E-state index is 13.6. The fraction of sp³-hybridized carbons (Fsp3) is 0.789. The van der Waals surface area contributed by atoms with Crippen LogP contribution in [0.25, 0.3) is 0 Å². The minimum absolute atomic E-state index is 0.0259. The summed E-state index contributed by atoms with van der Waals surface area (Å²) in [6.07, 6.45) is -4.15. The average Bonchev–Trinajstić information content (AvgIpc) is 0.877. The maximum atomic E-state index is 13.6. The molecule has 35 heteroatoms. The molecule has 2 aliphatic heterocycles. The van der Waals surface area contributed by atoms with Crippen molar-refractivity contribution >= 4 is 47.5 Å². The zero-order chi connectivity index (χ0) is 67.9. The minimum Gasteiger partial charge on any atom is -0.480 e. The molecule has 35 nitrogen and oxygen atoms in total. The molecule has 2 rings (SSSR count). The highest BCUT2D eigenvalue weighted by atomic mass is 16.6. The van der Waals surface area contributed by atoms with Crippen LogP contribution in [0.1, 0.15) is 59.3 Å². The molecule has 0 aromatic heterocycles. The lowest BCUT2D eigenvalue weighted by Gasteiger charge is -2.40. The van der Waals surface area contributed by atoms with E-state index < -0.39 is 134 Å². The Hall–Kier alpha value is -6.16. The lowest BCUT2D eigenvalue weighted by Crippen LogP contribution is -2.60. The van der Waals surface area contributed by atoms with E-state index in [1.165, 1.54) is 6.08 Å². The Kier molecular flexibility index (Phi) is 44.8. The van der Waals surface area contributed by atoms with E-state index in [4.69, 9.17) is 84.5 Å². The second kappa shape index (κ2) is 50.3. The monoisotopic (exact) mass is 1330 g/mol. The van der Waals surface area contributed by atoms with Gasteiger partial charge in [0.2, 0.25) is 35.1 Å². The van der Waals surface area contributed by atoms with Gasteiger partial charge >= 0.3 is 11.9 Å². The van der Waals surface area contributed by atoms with Gasteiger partial charge in [-0.3, -0.25) is 19.2 Å². The number of nitrogens with zero attached hydrogens (tertiary/aromatic N) is 3. The smallest absolute Gasteiger partial charge is 0.370 e. The van der Waals surface area contributed by atoms with E-state index in [2.05, 4.69) is 32.9 Å². The van der Waals surface area contributed by atoms with Crippen LogP contribution in [0.4, 0.5) is 0 Å². The summed E-state index contributed by atoms with van der Waals surface area (Å²) in [6.45, 7) is 9.99. The molecule has 530 valence electrons. The summed E-state index contributed by atoms with van der Waals surface area (Å²) >= 11 is 0. The van der Waals surface area contributed by atoms with Gasteiger partial charge < -0.3 is 136 Å². The van der Waals surface area contributed by atoms with Gasteiger partial charge in [-0.05, 0) is 44.3 Å². The number of amides is 4. The fourth-order valence-electron chi connectivity index (χ4n) is 8.91. The number of hydrogen-bond donors (Lipinski definition) is 13. The molecular weight excluding hydrogens is 1220 g/mol. The summed E-state index contributed by atoms with van der Waals surface area (Å²) in [4.78, 5) is 85.3. The summed E-state index contributed by atoms with van der Waals surface area (Å²) in [6, 6.07) is -3.32. The Morgan fingerprint density at radius 2 is 0.913 bits per heavy atom. The molecule has 0 aromatic rings. The molecule has 0 radical (unpaired) electrons. The zero-order valence-electron chi connectivity index (χ0n) is 53.1. The Morgan fingerprint density at radius 1 is 0.554 bits per heavy atom. The maximum Gasteiger partial charge on any atom is 0.370 e. The Bertz CT molecular complexity index is 2210. The largest absolute Gasteiger partial charge is 0.480 e. The van der Waals surface area contributed by atoms with Gasteiger partial charge in [0.15, 0.2) is 18.0 Å². The van der Waals surface area contributed by atoms with E-state index >= 15 is 0 Å². The van der Waals surface area contributed by atoms with Crippen molar-refractivity contribution in [1.29, 1.82) is 0 Å². The van der Waals surface area contributed by atoms with E-state index in [1.54, 1.807) is 11.8 Å². The number of carboxylic acid groups (broad SMARTS) is 2. The van der Waals surface area contributed by atoms with Gasteiger partial charge in [0.25, 0.3) is 0 Å². The molecule has 2 heterocycles. The highest BCUT2D eigenvalue weighted by Gasteiger charge is 2.46. The number of aliphatic imine (C=N–C) groups is 2. The number of carbonyl (C=O) groups is 6. The number of unbranched alkanes of at least 4 members (excludes halogenated alkanes) is 2. The summed E-state index contributed by atoms with van der Waals surface area (Å²) in [5.74, 6) is -7.71. The van der Waals surface area contributed by atoms with Gasteiger partial charge in [0.05, 0.1) is 150 Å². The molecule has 4 amide bonds. The van der Waals surface area contributed by atoms with E-state index in [9.17, 15) is 59.4 Å². The van der Waals surface area contributed by atoms with Crippen LogP contribution in [0.5, 0.6) is 0 Å². The SMILES string of the molecule is CCCOCCOCCOCCOCCOCCOCCOCCOCCOCCC(=O)N(CCCCNC(=O)CO[C@@H]([C@@H]1OC(C(=O)O)=C[C@H](N=C(N)N)[C@H]1C)[C@H](O)CO)CCCCNC(=O)CO[C@@H]([C@@H]1OC(C(=O)O)=C[C@H](N=C(N)N)[C@H]1NC(C)=O)[C@H](O)CO. The minimum atomic E-state index is -1.74. The van der Waals surface area contributed by atoms with E-state index in [0.29, 0.717) is 118 Å². The fourth-order valence-corrected chi connectivity index (χ4v) is 8.91. The second-order valence-corrected chi connectivity index (χ2v) is 20.8. The van der Waals surface area contributed by atoms with Crippen molar-refractivity contribution in [3.05, 3.63) is 23.7 Å². The number of nitrogens with two attached hydrogens (primary N) is 4. The lowest BCUT2D eigenvalue weighted by molar-refractivity contribution is -0.160. The Labute approximate surface area is 536 Å². The molecule has 92 heavy (non-hydrogen) atoms. The molecule has 0 aromatic carbocycles. The zero-order valence-corrected chi connectivity index (χ0v) is 53.1. The highest BCUT2D eigenvalue weighted by Crippen LogP contribution is 2.31. The molecule has 10 atom stereocenters. The number of hydrogen-bond acceptors (Lipinski definition) is 25. The van der Waals surface area contributed by atoms with Crippen molar-refractivity contribution in [1.82, 2.24) is 20.9 Å². The van der Waals surface area contributed by atoms with Crippen molar-refractivity contribution in [2.45, 2.75) is 114 Å². The van der Waals surface area contributed by atoms with Gasteiger partial charge in [-0.2, -0.15) is 0 Å². The van der Waals surface area contributed by atoms with Gasteiger partial charge in [-0.15, -0.1) is 0 Å². The molecule has 2 aliphatic rings. The van der Waals surface area contributed by atoms with Crippen molar-refractivity contribution in [2.24, 2.45) is 38.8 Å². The van der Waals surface area contributed by atoms with Crippen LogP contribution >= 0.6 is 0 Å². The Morgan fingerprint density at radius 3 is 1.28 bits per heavy atom. The summed E-state index contributed by atoms with van der Waals surface area (Å²) in [7, 11) is 0. The molecular formula is C57H102N10O25. The van der Waals surface area contributed by atoms with Crippen LogP contribution in [0.15, 0.2) is 33.7 Å². The third-order valence-electron chi connectivity index (χ3n) is 13.4. The van der Waals surface area contributed by atoms with E-state index in [0.717, 1.165) is 26.0 Å². The Balaban J connectivity index is 1.85.